The van der Waals surface area contributed by atoms with Crippen LogP contribution >= 0.6 is 24.0 Å². The molecule has 2 N–H and O–H groups in total. The lowest BCUT2D eigenvalue weighted by molar-refractivity contribution is 0.300. The van der Waals surface area contributed by atoms with Crippen LogP contribution < -0.4 is 5.73 Å². The third-order valence-electron chi connectivity index (χ3n) is 3.73. The van der Waals surface area contributed by atoms with E-state index in [0.717, 1.165) is 0 Å². The van der Waals surface area contributed by atoms with Gasteiger partial charge in [0.15, 0.2) is 0 Å². The second kappa shape index (κ2) is 6.71. The molecule has 1 aliphatic heterocycles. The number of hydrogen-bond donors (Lipinski definition) is 1. The molecule has 0 aliphatic carbocycles. The van der Waals surface area contributed by atoms with Gasteiger partial charge in [0.05, 0.1) is 9.74 Å². The minimum atomic E-state index is -3.34. The lowest BCUT2D eigenvalue weighted by Gasteiger charge is -2.40. The highest BCUT2D eigenvalue weighted by Gasteiger charge is 2.40. The van der Waals surface area contributed by atoms with Crippen molar-refractivity contribution in [2.24, 2.45) is 5.73 Å². The van der Waals surface area contributed by atoms with Crippen LogP contribution in [0, 0.1) is 0 Å². The van der Waals surface area contributed by atoms with Crippen LogP contribution in [0.15, 0.2) is 0 Å². The average Bonchev–Trinajstić information content (AvgIpc) is 2.39. The van der Waals surface area contributed by atoms with Crippen molar-refractivity contribution in [2.75, 3.05) is 32.4 Å². The zero-order chi connectivity index (χ0) is 14.7. The van der Waals surface area contributed by atoms with Crippen molar-refractivity contribution in [3.8, 4) is 0 Å². The maximum absolute atomic E-state index is 12.4. The molecule has 1 heterocycles. The van der Waals surface area contributed by atoms with Gasteiger partial charge in [-0.3, -0.25) is 0 Å². The Hall–Kier alpha value is 0.110. The summed E-state index contributed by atoms with van der Waals surface area (Å²) in [6, 6.07) is 0. The van der Waals surface area contributed by atoms with E-state index < -0.39 is 10.2 Å². The summed E-state index contributed by atoms with van der Waals surface area (Å²) in [6.45, 7) is 5.67. The Balaban J connectivity index is 2.81. The Morgan fingerprint density at radius 3 is 2.16 bits per heavy atom. The first kappa shape index (κ1) is 17.2. The predicted molar refractivity (Wildman–Crippen MR) is 85.7 cm³/mol. The number of thioether (sulfide) groups is 1. The number of rotatable bonds is 6. The van der Waals surface area contributed by atoms with Crippen molar-refractivity contribution in [2.45, 2.75) is 31.4 Å². The van der Waals surface area contributed by atoms with Crippen molar-refractivity contribution < 1.29 is 8.42 Å². The average molecular weight is 326 g/mol. The molecule has 0 amide bonds. The van der Waals surface area contributed by atoms with E-state index in [1.165, 1.54) is 4.31 Å². The van der Waals surface area contributed by atoms with Crippen LogP contribution in [0.4, 0.5) is 0 Å². The topological polar surface area (TPSA) is 66.6 Å². The quantitative estimate of drug-likeness (QED) is 0.740. The summed E-state index contributed by atoms with van der Waals surface area (Å²) in [6.07, 6.45) is 3.35. The van der Waals surface area contributed by atoms with E-state index in [-0.39, 0.29) is 4.75 Å². The molecule has 8 heteroatoms. The lowest BCUT2D eigenvalue weighted by Crippen LogP contribution is -2.53. The Morgan fingerprint density at radius 2 is 1.84 bits per heavy atom. The van der Waals surface area contributed by atoms with Crippen LogP contribution in [-0.2, 0) is 10.2 Å². The zero-order valence-electron chi connectivity index (χ0n) is 11.8. The molecule has 19 heavy (non-hydrogen) atoms. The smallest absolute Gasteiger partial charge is 0.281 e. The van der Waals surface area contributed by atoms with E-state index in [0.29, 0.717) is 44.0 Å². The van der Waals surface area contributed by atoms with Gasteiger partial charge in [0, 0.05) is 26.2 Å². The minimum Gasteiger partial charge on any atom is -0.392 e. The maximum Gasteiger partial charge on any atom is 0.281 e. The van der Waals surface area contributed by atoms with Gasteiger partial charge in [-0.1, -0.05) is 26.1 Å². The number of piperidine rings is 1. The summed E-state index contributed by atoms with van der Waals surface area (Å²) in [5.74, 6) is 0. The number of nitrogens with zero attached hydrogens (tertiary/aromatic N) is 2. The molecule has 5 nitrogen and oxygen atoms in total. The second-order valence-corrected chi connectivity index (χ2v) is 8.11. The maximum atomic E-state index is 12.4. The van der Waals surface area contributed by atoms with Crippen LogP contribution in [-0.4, -0.2) is 59.2 Å². The molecule has 0 aromatic carbocycles. The molecule has 1 aliphatic rings. The number of thiocarbonyl (C=S) groups is 1. The van der Waals surface area contributed by atoms with Gasteiger partial charge in [-0.2, -0.15) is 28.8 Å². The van der Waals surface area contributed by atoms with Crippen molar-refractivity contribution in [3.63, 3.8) is 0 Å². The van der Waals surface area contributed by atoms with Crippen molar-refractivity contribution in [3.05, 3.63) is 0 Å². The first-order valence-electron chi connectivity index (χ1n) is 6.44. The molecule has 0 aromatic heterocycles. The van der Waals surface area contributed by atoms with Crippen LogP contribution in [0.3, 0.4) is 0 Å². The number of nitrogens with two attached hydrogens (primary N) is 1. The molecular weight excluding hydrogens is 302 g/mol. The van der Waals surface area contributed by atoms with E-state index in [2.05, 4.69) is 0 Å². The standard InChI is InChI=1S/C11H23N3O2S3/c1-4-13(5-2)19(15,16)14-8-6-11(18-3,7-9-14)10(12)17/h4-9H2,1-3H3,(H2,12,17). The molecule has 0 unspecified atom stereocenters. The molecule has 1 rings (SSSR count). The second-order valence-electron chi connectivity index (χ2n) is 4.55. The summed E-state index contributed by atoms with van der Waals surface area (Å²) >= 11 is 6.77. The zero-order valence-corrected chi connectivity index (χ0v) is 14.2. The van der Waals surface area contributed by atoms with Gasteiger partial charge < -0.3 is 5.73 Å². The van der Waals surface area contributed by atoms with Gasteiger partial charge in [-0.25, -0.2) is 0 Å². The molecular formula is C11H23N3O2S3. The van der Waals surface area contributed by atoms with E-state index >= 15 is 0 Å². The highest BCUT2D eigenvalue weighted by molar-refractivity contribution is 8.02. The Kier molecular flexibility index (Phi) is 6.06. The fourth-order valence-corrected chi connectivity index (χ4v) is 5.21. The van der Waals surface area contributed by atoms with E-state index in [4.69, 9.17) is 18.0 Å². The molecule has 0 atom stereocenters. The Morgan fingerprint density at radius 1 is 1.37 bits per heavy atom. The molecule has 0 radical (unpaired) electrons. The van der Waals surface area contributed by atoms with Crippen LogP contribution in [0.5, 0.6) is 0 Å². The molecule has 0 saturated carbocycles. The third-order valence-corrected chi connectivity index (χ3v) is 7.84. The molecule has 0 bridgehead atoms. The third kappa shape index (κ3) is 3.41. The molecule has 0 spiro atoms. The molecule has 112 valence electrons. The van der Waals surface area contributed by atoms with Crippen LogP contribution in [0.25, 0.3) is 0 Å². The van der Waals surface area contributed by atoms with E-state index in [1.807, 2.05) is 20.1 Å². The van der Waals surface area contributed by atoms with Gasteiger partial charge in [0.1, 0.15) is 0 Å². The van der Waals surface area contributed by atoms with Gasteiger partial charge in [0.2, 0.25) is 0 Å². The van der Waals surface area contributed by atoms with Crippen molar-refractivity contribution in [1.29, 1.82) is 0 Å². The van der Waals surface area contributed by atoms with Gasteiger partial charge in [0.25, 0.3) is 10.2 Å². The first-order valence-corrected chi connectivity index (χ1v) is 9.47. The molecule has 1 saturated heterocycles. The van der Waals surface area contributed by atoms with Gasteiger partial charge in [-0.05, 0) is 19.1 Å². The van der Waals surface area contributed by atoms with E-state index in [1.54, 1.807) is 16.1 Å². The molecule has 0 aromatic rings. The number of hydrogen-bond acceptors (Lipinski definition) is 4. The summed E-state index contributed by atoms with van der Waals surface area (Å²) in [4.78, 5) is 0.486. The highest BCUT2D eigenvalue weighted by atomic mass is 32.2. The van der Waals surface area contributed by atoms with Crippen molar-refractivity contribution >= 4 is 39.2 Å². The normalized spacial score (nSPS) is 20.6. The minimum absolute atomic E-state index is 0.245. The fraction of sp³-hybridized carbons (Fsp3) is 0.909. The van der Waals surface area contributed by atoms with Crippen LogP contribution in [0.2, 0.25) is 0 Å². The lowest BCUT2D eigenvalue weighted by atomic mass is 9.97. The summed E-state index contributed by atoms with van der Waals surface area (Å²) in [7, 11) is -3.34. The summed E-state index contributed by atoms with van der Waals surface area (Å²) < 4.78 is 27.6. The van der Waals surface area contributed by atoms with Crippen LogP contribution in [0.1, 0.15) is 26.7 Å². The Bertz CT molecular complexity index is 413. The highest BCUT2D eigenvalue weighted by Crippen LogP contribution is 2.35. The summed E-state index contributed by atoms with van der Waals surface area (Å²) in [5.41, 5.74) is 5.81. The van der Waals surface area contributed by atoms with Gasteiger partial charge >= 0.3 is 0 Å². The van der Waals surface area contributed by atoms with Gasteiger partial charge in [-0.15, -0.1) is 0 Å². The predicted octanol–water partition coefficient (Wildman–Crippen LogP) is 1.06. The fourth-order valence-electron chi connectivity index (χ4n) is 2.34. The largest absolute Gasteiger partial charge is 0.392 e. The SMILES string of the molecule is CCN(CC)S(=O)(=O)N1CCC(SC)(C(N)=S)CC1. The monoisotopic (exact) mass is 325 g/mol. The summed E-state index contributed by atoms with van der Waals surface area (Å²) in [5, 5.41) is 0. The first-order chi connectivity index (χ1) is 8.84. The van der Waals surface area contributed by atoms with E-state index in [9.17, 15) is 8.42 Å². The van der Waals surface area contributed by atoms with Crippen molar-refractivity contribution in [1.82, 2.24) is 8.61 Å². The Labute approximate surface area is 126 Å². The molecule has 1 fully saturated rings.